The van der Waals surface area contributed by atoms with Crippen molar-refractivity contribution < 1.29 is 4.74 Å². The minimum absolute atomic E-state index is 0.307. The smallest absolute Gasteiger partial charge is 0.123 e. The summed E-state index contributed by atoms with van der Waals surface area (Å²) in [5, 5.41) is 3.60. The summed E-state index contributed by atoms with van der Waals surface area (Å²) < 4.78 is 6.14. The van der Waals surface area contributed by atoms with Gasteiger partial charge >= 0.3 is 0 Å². The minimum atomic E-state index is 0.307. The van der Waals surface area contributed by atoms with Crippen LogP contribution >= 0.6 is 0 Å². The summed E-state index contributed by atoms with van der Waals surface area (Å²) in [7, 11) is 0. The van der Waals surface area contributed by atoms with Crippen molar-refractivity contribution in [3.05, 3.63) is 29.3 Å². The quantitative estimate of drug-likeness (QED) is 0.798. The van der Waals surface area contributed by atoms with Gasteiger partial charge < -0.3 is 10.1 Å². The van der Waals surface area contributed by atoms with Crippen molar-refractivity contribution in [2.45, 2.75) is 72.4 Å². The predicted octanol–water partition coefficient (Wildman–Crippen LogP) is 4.49. The van der Waals surface area contributed by atoms with Gasteiger partial charge in [0.1, 0.15) is 11.9 Å². The highest BCUT2D eigenvalue weighted by molar-refractivity contribution is 5.40. The van der Waals surface area contributed by atoms with Gasteiger partial charge in [0.15, 0.2) is 0 Å². The van der Waals surface area contributed by atoms with E-state index in [2.05, 4.69) is 58.1 Å². The molecule has 0 radical (unpaired) electrons. The molecule has 2 atom stereocenters. The van der Waals surface area contributed by atoms with E-state index in [0.717, 1.165) is 25.1 Å². The van der Waals surface area contributed by atoms with Crippen LogP contribution in [0.1, 0.15) is 58.1 Å². The fraction of sp³-hybridized carbons (Fsp3) is 0.684. The summed E-state index contributed by atoms with van der Waals surface area (Å²) in [6, 6.07) is 7.12. The SMILES string of the molecule is CCCNC(C)CC(C)(C)CC1Cc2cc(C)ccc2O1. The monoisotopic (exact) mass is 289 g/mol. The van der Waals surface area contributed by atoms with Gasteiger partial charge in [-0.15, -0.1) is 0 Å². The third kappa shape index (κ3) is 4.74. The number of benzene rings is 1. The topological polar surface area (TPSA) is 21.3 Å². The van der Waals surface area contributed by atoms with Crippen molar-refractivity contribution in [2.24, 2.45) is 5.41 Å². The molecule has 2 rings (SSSR count). The van der Waals surface area contributed by atoms with Gasteiger partial charge in [0.2, 0.25) is 0 Å². The zero-order valence-corrected chi connectivity index (χ0v) is 14.3. The van der Waals surface area contributed by atoms with E-state index in [-0.39, 0.29) is 0 Å². The molecule has 0 spiro atoms. The number of aryl methyl sites for hydroxylation is 1. The number of fused-ring (bicyclic) bond motifs is 1. The Morgan fingerprint density at radius 3 is 2.86 bits per heavy atom. The highest BCUT2D eigenvalue weighted by Crippen LogP contribution is 2.36. The highest BCUT2D eigenvalue weighted by atomic mass is 16.5. The van der Waals surface area contributed by atoms with E-state index < -0.39 is 0 Å². The summed E-state index contributed by atoms with van der Waals surface area (Å²) >= 11 is 0. The molecule has 0 bridgehead atoms. The molecule has 1 N–H and O–H groups in total. The average molecular weight is 289 g/mol. The summed E-state index contributed by atoms with van der Waals surface area (Å²) in [4.78, 5) is 0. The molecule has 0 saturated carbocycles. The maximum absolute atomic E-state index is 6.14. The zero-order chi connectivity index (χ0) is 15.5. The van der Waals surface area contributed by atoms with Crippen LogP contribution in [-0.4, -0.2) is 18.7 Å². The maximum atomic E-state index is 6.14. The zero-order valence-electron chi connectivity index (χ0n) is 14.3. The molecule has 0 fully saturated rings. The van der Waals surface area contributed by atoms with Gasteiger partial charge in [-0.2, -0.15) is 0 Å². The Bertz CT molecular complexity index is 467. The van der Waals surface area contributed by atoms with Crippen LogP contribution < -0.4 is 10.1 Å². The molecule has 0 aromatic heterocycles. The van der Waals surface area contributed by atoms with Crippen molar-refractivity contribution in [2.75, 3.05) is 6.54 Å². The fourth-order valence-electron chi connectivity index (χ4n) is 3.55. The molecule has 118 valence electrons. The lowest BCUT2D eigenvalue weighted by Gasteiger charge is -2.30. The Balaban J connectivity index is 1.87. The minimum Gasteiger partial charge on any atom is -0.490 e. The molecular weight excluding hydrogens is 258 g/mol. The van der Waals surface area contributed by atoms with E-state index in [4.69, 9.17) is 4.74 Å². The molecule has 1 heterocycles. The molecule has 2 heteroatoms. The van der Waals surface area contributed by atoms with Crippen molar-refractivity contribution in [1.29, 1.82) is 0 Å². The van der Waals surface area contributed by atoms with Crippen LogP contribution in [-0.2, 0) is 6.42 Å². The van der Waals surface area contributed by atoms with Gasteiger partial charge in [-0.1, -0.05) is 38.5 Å². The van der Waals surface area contributed by atoms with Gasteiger partial charge in [-0.3, -0.25) is 0 Å². The lowest BCUT2D eigenvalue weighted by molar-refractivity contribution is 0.142. The Hall–Kier alpha value is -1.02. The second-order valence-electron chi connectivity index (χ2n) is 7.48. The first kappa shape index (κ1) is 16.4. The van der Waals surface area contributed by atoms with E-state index in [0.29, 0.717) is 17.6 Å². The summed E-state index contributed by atoms with van der Waals surface area (Å²) in [6.45, 7) is 12.5. The highest BCUT2D eigenvalue weighted by Gasteiger charge is 2.30. The van der Waals surface area contributed by atoms with Gasteiger partial charge in [-0.05, 0) is 56.7 Å². The lowest BCUT2D eigenvalue weighted by Crippen LogP contribution is -2.34. The first-order valence-electron chi connectivity index (χ1n) is 8.39. The molecule has 0 aliphatic carbocycles. The standard InChI is InChI=1S/C19H31NO/c1-6-9-20-15(3)12-19(4,5)13-17-11-16-10-14(2)7-8-18(16)21-17/h7-8,10,15,17,20H,6,9,11-13H2,1-5H3. The number of hydrogen-bond donors (Lipinski definition) is 1. The summed E-state index contributed by atoms with van der Waals surface area (Å²) in [6.07, 6.45) is 4.93. The van der Waals surface area contributed by atoms with Crippen molar-refractivity contribution in [3.63, 3.8) is 0 Å². The van der Waals surface area contributed by atoms with Crippen LogP contribution in [0.3, 0.4) is 0 Å². The Kier molecular flexibility index (Phi) is 5.32. The van der Waals surface area contributed by atoms with E-state index in [1.54, 1.807) is 0 Å². The number of ether oxygens (including phenoxy) is 1. The van der Waals surface area contributed by atoms with E-state index in [1.165, 1.54) is 24.0 Å². The molecule has 0 saturated heterocycles. The fourth-order valence-corrected chi connectivity index (χ4v) is 3.55. The largest absolute Gasteiger partial charge is 0.490 e. The summed E-state index contributed by atoms with van der Waals surface area (Å²) in [5.41, 5.74) is 3.02. The van der Waals surface area contributed by atoms with Crippen LogP contribution in [0.25, 0.3) is 0 Å². The first-order valence-corrected chi connectivity index (χ1v) is 8.39. The average Bonchev–Trinajstić information content (AvgIpc) is 2.75. The Morgan fingerprint density at radius 2 is 2.14 bits per heavy atom. The molecule has 2 unspecified atom stereocenters. The van der Waals surface area contributed by atoms with Crippen LogP contribution in [0, 0.1) is 12.3 Å². The van der Waals surface area contributed by atoms with Gasteiger partial charge in [0, 0.05) is 12.5 Å². The molecular formula is C19H31NO. The molecule has 2 nitrogen and oxygen atoms in total. The molecule has 0 amide bonds. The van der Waals surface area contributed by atoms with Crippen LogP contribution in [0.2, 0.25) is 0 Å². The molecule has 1 aliphatic rings. The van der Waals surface area contributed by atoms with Crippen molar-refractivity contribution in [3.8, 4) is 5.75 Å². The molecule has 21 heavy (non-hydrogen) atoms. The maximum Gasteiger partial charge on any atom is 0.123 e. The van der Waals surface area contributed by atoms with Crippen LogP contribution in [0.15, 0.2) is 18.2 Å². The molecule has 1 aromatic carbocycles. The van der Waals surface area contributed by atoms with Gasteiger partial charge in [0.25, 0.3) is 0 Å². The predicted molar refractivity (Wildman–Crippen MR) is 90.1 cm³/mol. The van der Waals surface area contributed by atoms with Crippen LogP contribution in [0.5, 0.6) is 5.75 Å². The number of rotatable bonds is 7. The Labute approximate surface area is 130 Å². The normalized spacial score (nSPS) is 19.2. The third-order valence-corrected chi connectivity index (χ3v) is 4.34. The van der Waals surface area contributed by atoms with Crippen molar-refractivity contribution in [1.82, 2.24) is 5.32 Å². The van der Waals surface area contributed by atoms with E-state index >= 15 is 0 Å². The third-order valence-electron chi connectivity index (χ3n) is 4.34. The Morgan fingerprint density at radius 1 is 1.38 bits per heavy atom. The molecule has 1 aromatic rings. The summed E-state index contributed by atoms with van der Waals surface area (Å²) in [5.74, 6) is 1.10. The second-order valence-corrected chi connectivity index (χ2v) is 7.48. The second kappa shape index (κ2) is 6.83. The molecule has 1 aliphatic heterocycles. The number of nitrogens with one attached hydrogen (secondary N) is 1. The lowest BCUT2D eigenvalue weighted by atomic mass is 9.80. The van der Waals surface area contributed by atoms with E-state index in [9.17, 15) is 0 Å². The van der Waals surface area contributed by atoms with E-state index in [1.807, 2.05) is 0 Å². The number of hydrogen-bond acceptors (Lipinski definition) is 2. The van der Waals surface area contributed by atoms with Gasteiger partial charge in [0.05, 0.1) is 0 Å². The van der Waals surface area contributed by atoms with Crippen molar-refractivity contribution >= 4 is 0 Å². The van der Waals surface area contributed by atoms with Gasteiger partial charge in [-0.25, -0.2) is 0 Å². The first-order chi connectivity index (χ1) is 9.89. The van der Waals surface area contributed by atoms with Crippen LogP contribution in [0.4, 0.5) is 0 Å².